The minimum absolute atomic E-state index is 0.0116. The van der Waals surface area contributed by atoms with Crippen molar-refractivity contribution in [2.45, 2.75) is 51.2 Å². The van der Waals surface area contributed by atoms with Crippen molar-refractivity contribution < 1.29 is 5.11 Å². The zero-order valence-corrected chi connectivity index (χ0v) is 15.4. The van der Waals surface area contributed by atoms with Gasteiger partial charge in [-0.1, -0.05) is 60.7 Å². The Morgan fingerprint density at radius 3 is 2.28 bits per heavy atom. The molecule has 2 aromatic carbocycles. The Morgan fingerprint density at radius 2 is 1.68 bits per heavy atom. The molecule has 2 atom stereocenters. The second-order valence-electron chi connectivity index (χ2n) is 7.23. The molecule has 0 aliphatic carbocycles. The van der Waals surface area contributed by atoms with Crippen LogP contribution in [0.1, 0.15) is 43.9 Å². The Kier molecular flexibility index (Phi) is 6.24. The molecule has 134 valence electrons. The van der Waals surface area contributed by atoms with Gasteiger partial charge in [0.25, 0.3) is 0 Å². The molecule has 1 aliphatic rings. The normalized spacial score (nSPS) is 19.6. The van der Waals surface area contributed by atoms with Crippen molar-refractivity contribution in [1.29, 1.82) is 0 Å². The van der Waals surface area contributed by atoms with Gasteiger partial charge in [0.15, 0.2) is 0 Å². The molecule has 3 heteroatoms. The first-order chi connectivity index (χ1) is 12.2. The standard InChI is InChI=1S/C22H30N2O/c1-18(2)24(22(17-25)20-12-7-4-8-13-20)23-15-9-14-21(23)16-19-10-5-3-6-11-19/h3-8,10-13,18,21-22,25H,9,14-17H2,1-2H3/t21-,22+/m1/s1. The number of hydrazine groups is 1. The molecule has 0 spiro atoms. The van der Waals surface area contributed by atoms with Gasteiger partial charge in [0.1, 0.15) is 0 Å². The van der Waals surface area contributed by atoms with Crippen LogP contribution in [0.25, 0.3) is 0 Å². The van der Waals surface area contributed by atoms with E-state index in [1.807, 2.05) is 6.07 Å². The fourth-order valence-corrected chi connectivity index (χ4v) is 4.07. The minimum atomic E-state index is 0.0116. The van der Waals surface area contributed by atoms with Gasteiger partial charge in [0.05, 0.1) is 12.6 Å². The summed E-state index contributed by atoms with van der Waals surface area (Å²) in [5, 5.41) is 15.1. The van der Waals surface area contributed by atoms with E-state index in [0.717, 1.165) is 13.0 Å². The summed E-state index contributed by atoms with van der Waals surface area (Å²) in [5.41, 5.74) is 2.58. The maximum atomic E-state index is 10.2. The van der Waals surface area contributed by atoms with Crippen LogP contribution in [0.2, 0.25) is 0 Å². The molecule has 1 heterocycles. The predicted molar refractivity (Wildman–Crippen MR) is 103 cm³/mol. The maximum Gasteiger partial charge on any atom is 0.0729 e. The van der Waals surface area contributed by atoms with E-state index in [0.29, 0.717) is 12.1 Å². The number of nitrogens with zero attached hydrogens (tertiary/aromatic N) is 2. The largest absolute Gasteiger partial charge is 0.394 e. The molecule has 2 aromatic rings. The fourth-order valence-electron chi connectivity index (χ4n) is 4.07. The van der Waals surface area contributed by atoms with Crippen LogP contribution in [0.3, 0.4) is 0 Å². The number of aliphatic hydroxyl groups excluding tert-OH is 1. The molecule has 1 fully saturated rings. The first kappa shape index (κ1) is 18.1. The summed E-state index contributed by atoms with van der Waals surface area (Å²) in [7, 11) is 0. The highest BCUT2D eigenvalue weighted by atomic mass is 16.3. The Bertz CT molecular complexity index is 629. The number of hydrogen-bond acceptors (Lipinski definition) is 3. The third-order valence-electron chi connectivity index (χ3n) is 5.16. The first-order valence-corrected chi connectivity index (χ1v) is 9.45. The van der Waals surface area contributed by atoms with Gasteiger partial charge in [0, 0.05) is 18.6 Å². The van der Waals surface area contributed by atoms with Crippen LogP contribution in [-0.4, -0.2) is 40.4 Å². The summed E-state index contributed by atoms with van der Waals surface area (Å²) in [4.78, 5) is 0. The van der Waals surface area contributed by atoms with E-state index in [-0.39, 0.29) is 12.6 Å². The lowest BCUT2D eigenvalue weighted by atomic mass is 10.0. The van der Waals surface area contributed by atoms with Crippen molar-refractivity contribution in [2.75, 3.05) is 13.2 Å². The molecule has 3 rings (SSSR count). The van der Waals surface area contributed by atoms with E-state index in [2.05, 4.69) is 78.5 Å². The Balaban J connectivity index is 1.83. The highest BCUT2D eigenvalue weighted by Crippen LogP contribution is 2.31. The zero-order valence-electron chi connectivity index (χ0n) is 15.4. The van der Waals surface area contributed by atoms with Crippen LogP contribution in [-0.2, 0) is 6.42 Å². The number of aliphatic hydroxyl groups is 1. The highest BCUT2D eigenvalue weighted by molar-refractivity contribution is 5.20. The van der Waals surface area contributed by atoms with Gasteiger partial charge in [-0.25, -0.2) is 10.0 Å². The van der Waals surface area contributed by atoms with E-state index in [4.69, 9.17) is 0 Å². The average Bonchev–Trinajstić information content (AvgIpc) is 3.08. The molecule has 1 N–H and O–H groups in total. The van der Waals surface area contributed by atoms with Crippen molar-refractivity contribution in [2.24, 2.45) is 0 Å². The third-order valence-corrected chi connectivity index (χ3v) is 5.16. The number of hydrogen-bond donors (Lipinski definition) is 1. The van der Waals surface area contributed by atoms with E-state index in [1.54, 1.807) is 0 Å². The zero-order chi connectivity index (χ0) is 17.6. The van der Waals surface area contributed by atoms with E-state index in [1.165, 1.54) is 24.0 Å². The number of benzene rings is 2. The molecule has 0 amide bonds. The van der Waals surface area contributed by atoms with Crippen LogP contribution in [0.5, 0.6) is 0 Å². The van der Waals surface area contributed by atoms with Gasteiger partial charge >= 0.3 is 0 Å². The van der Waals surface area contributed by atoms with Crippen molar-refractivity contribution in [3.63, 3.8) is 0 Å². The van der Waals surface area contributed by atoms with E-state index >= 15 is 0 Å². The lowest BCUT2D eigenvalue weighted by Crippen LogP contribution is -2.52. The van der Waals surface area contributed by atoms with Gasteiger partial charge in [-0.05, 0) is 44.2 Å². The van der Waals surface area contributed by atoms with Gasteiger partial charge in [-0.3, -0.25) is 0 Å². The predicted octanol–water partition coefficient (Wildman–Crippen LogP) is 4.05. The summed E-state index contributed by atoms with van der Waals surface area (Å²) in [6.07, 6.45) is 3.50. The maximum absolute atomic E-state index is 10.2. The summed E-state index contributed by atoms with van der Waals surface area (Å²) in [6, 6.07) is 22.0. The molecule has 3 nitrogen and oxygen atoms in total. The molecule has 25 heavy (non-hydrogen) atoms. The van der Waals surface area contributed by atoms with Gasteiger partial charge in [0.2, 0.25) is 0 Å². The molecular formula is C22H30N2O. The molecule has 1 saturated heterocycles. The van der Waals surface area contributed by atoms with Gasteiger partial charge in [-0.2, -0.15) is 0 Å². The van der Waals surface area contributed by atoms with Crippen LogP contribution in [0.4, 0.5) is 0 Å². The Morgan fingerprint density at radius 1 is 1.04 bits per heavy atom. The van der Waals surface area contributed by atoms with Crippen molar-refractivity contribution in [3.05, 3.63) is 71.8 Å². The fraction of sp³-hybridized carbons (Fsp3) is 0.455. The monoisotopic (exact) mass is 338 g/mol. The minimum Gasteiger partial charge on any atom is -0.394 e. The topological polar surface area (TPSA) is 26.7 Å². The van der Waals surface area contributed by atoms with E-state index in [9.17, 15) is 5.11 Å². The quantitative estimate of drug-likeness (QED) is 0.825. The summed E-state index contributed by atoms with van der Waals surface area (Å²) in [6.45, 7) is 5.66. The highest BCUT2D eigenvalue weighted by Gasteiger charge is 2.35. The van der Waals surface area contributed by atoms with Crippen LogP contribution in [0, 0.1) is 0 Å². The summed E-state index contributed by atoms with van der Waals surface area (Å²) >= 11 is 0. The molecule has 0 unspecified atom stereocenters. The van der Waals surface area contributed by atoms with Crippen LogP contribution in [0.15, 0.2) is 60.7 Å². The average molecular weight is 338 g/mol. The molecule has 0 radical (unpaired) electrons. The molecule has 0 aromatic heterocycles. The van der Waals surface area contributed by atoms with Gasteiger partial charge in [-0.15, -0.1) is 0 Å². The van der Waals surface area contributed by atoms with Crippen molar-refractivity contribution >= 4 is 0 Å². The molecule has 1 aliphatic heterocycles. The lowest BCUT2D eigenvalue weighted by molar-refractivity contribution is -0.108. The van der Waals surface area contributed by atoms with Crippen LogP contribution >= 0.6 is 0 Å². The Hall–Kier alpha value is -1.68. The number of rotatable bonds is 7. The second kappa shape index (κ2) is 8.61. The van der Waals surface area contributed by atoms with Gasteiger partial charge < -0.3 is 5.11 Å². The SMILES string of the molecule is CC(C)N([C@@H](CO)c1ccccc1)N1CCC[C@@H]1Cc1ccccc1. The molecule has 0 bridgehead atoms. The van der Waals surface area contributed by atoms with Crippen LogP contribution < -0.4 is 0 Å². The van der Waals surface area contributed by atoms with E-state index < -0.39 is 0 Å². The molecular weight excluding hydrogens is 308 g/mol. The summed E-state index contributed by atoms with van der Waals surface area (Å²) < 4.78 is 0. The first-order valence-electron chi connectivity index (χ1n) is 9.45. The Labute approximate surface area is 151 Å². The third kappa shape index (κ3) is 4.30. The second-order valence-corrected chi connectivity index (χ2v) is 7.23. The summed E-state index contributed by atoms with van der Waals surface area (Å²) in [5.74, 6) is 0. The van der Waals surface area contributed by atoms with Crippen molar-refractivity contribution in [3.8, 4) is 0 Å². The lowest BCUT2D eigenvalue weighted by Gasteiger charge is -2.44. The molecule has 0 saturated carbocycles. The smallest absolute Gasteiger partial charge is 0.0729 e. The van der Waals surface area contributed by atoms with Crippen molar-refractivity contribution in [1.82, 2.24) is 10.0 Å².